The molecule has 0 aliphatic rings. The summed E-state index contributed by atoms with van der Waals surface area (Å²) in [7, 11) is 0. The van der Waals surface area contributed by atoms with Crippen LogP contribution in [-0.4, -0.2) is 33.0 Å². The molecule has 0 aliphatic heterocycles. The molecule has 0 saturated heterocycles. The van der Waals surface area contributed by atoms with Gasteiger partial charge >= 0.3 is 6.09 Å². The Morgan fingerprint density at radius 2 is 2.00 bits per heavy atom. The monoisotopic (exact) mass is 498 g/mol. The maximum absolute atomic E-state index is 14.1. The van der Waals surface area contributed by atoms with Crippen molar-refractivity contribution in [1.29, 1.82) is 0 Å². The Kier molecular flexibility index (Phi) is 6.66. The van der Waals surface area contributed by atoms with Crippen molar-refractivity contribution in [3.63, 3.8) is 0 Å². The maximum atomic E-state index is 14.1. The van der Waals surface area contributed by atoms with Gasteiger partial charge in [-0.1, -0.05) is 0 Å². The number of benzene rings is 1. The van der Waals surface area contributed by atoms with Crippen molar-refractivity contribution in [1.82, 2.24) is 20.5 Å². The van der Waals surface area contributed by atoms with Gasteiger partial charge in [-0.3, -0.25) is 9.89 Å². The molecule has 4 rings (SSSR count). The Hall–Kier alpha value is -3.66. The zero-order valence-corrected chi connectivity index (χ0v) is 20.9. The van der Waals surface area contributed by atoms with Crippen molar-refractivity contribution in [3.05, 3.63) is 57.6 Å². The number of alkyl carbamates (subject to hydrolysis) is 1. The number of ether oxygens (including phenoxy) is 2. The predicted octanol–water partition coefficient (Wildman–Crippen LogP) is 5.60. The topological polar surface area (TPSA) is 109 Å². The largest absolute Gasteiger partial charge is 0.490 e. The summed E-state index contributed by atoms with van der Waals surface area (Å²) in [5, 5.41) is 12.3. The highest BCUT2D eigenvalue weighted by molar-refractivity contribution is 7.17. The number of nitrogens with zero attached hydrogens (tertiary/aromatic N) is 1. The van der Waals surface area contributed by atoms with Crippen LogP contribution in [0.2, 0.25) is 0 Å². The number of aromatic amines is 2. The van der Waals surface area contributed by atoms with E-state index in [1.807, 2.05) is 19.2 Å². The molecule has 4 aromatic rings. The minimum Gasteiger partial charge on any atom is -0.490 e. The predicted molar refractivity (Wildman–Crippen MR) is 134 cm³/mol. The SMILES string of the molecule is CC(C)Oc1cc(F)ccc1-c1c(-c2cc(CNC(=O)OC(C)(C)C)[nH]n2)[nH]c(=O)c2ccsc12. The molecule has 0 fully saturated rings. The molecule has 184 valence electrons. The lowest BCUT2D eigenvalue weighted by Gasteiger charge is -2.19. The number of fused-ring (bicyclic) bond motifs is 1. The molecule has 3 heterocycles. The van der Waals surface area contributed by atoms with Crippen LogP contribution in [0, 0.1) is 5.82 Å². The average Bonchev–Trinajstić information content (AvgIpc) is 3.41. The molecule has 8 nitrogen and oxygen atoms in total. The van der Waals surface area contributed by atoms with E-state index in [1.165, 1.54) is 23.5 Å². The fourth-order valence-corrected chi connectivity index (χ4v) is 4.56. The van der Waals surface area contributed by atoms with Crippen molar-refractivity contribution in [3.8, 4) is 28.3 Å². The van der Waals surface area contributed by atoms with E-state index < -0.39 is 17.5 Å². The molecular weight excluding hydrogens is 471 g/mol. The molecule has 0 spiro atoms. The summed E-state index contributed by atoms with van der Waals surface area (Å²) < 4.78 is 26.0. The van der Waals surface area contributed by atoms with Crippen LogP contribution in [0.1, 0.15) is 40.3 Å². The van der Waals surface area contributed by atoms with Crippen LogP contribution in [0.4, 0.5) is 9.18 Å². The molecule has 0 radical (unpaired) electrons. The zero-order chi connectivity index (χ0) is 25.3. The number of aromatic nitrogens is 3. The van der Waals surface area contributed by atoms with Gasteiger partial charge in [0.05, 0.1) is 29.4 Å². The van der Waals surface area contributed by atoms with Gasteiger partial charge in [0.25, 0.3) is 5.56 Å². The number of nitrogens with one attached hydrogen (secondary N) is 3. The summed E-state index contributed by atoms with van der Waals surface area (Å²) in [4.78, 5) is 27.8. The first-order valence-corrected chi connectivity index (χ1v) is 12.0. The number of thiophene rings is 1. The highest BCUT2D eigenvalue weighted by Crippen LogP contribution is 2.42. The second kappa shape index (κ2) is 9.53. The molecule has 0 aliphatic carbocycles. The van der Waals surface area contributed by atoms with Gasteiger partial charge in [-0.15, -0.1) is 11.3 Å². The number of carbonyl (C=O) groups excluding carboxylic acids is 1. The van der Waals surface area contributed by atoms with Crippen LogP contribution in [0.15, 0.2) is 40.5 Å². The standard InChI is InChI=1S/C25H27FN4O4S/c1-13(2)33-19-10-14(26)6-7-16(19)20-21(28-23(31)17-8-9-35-22(17)20)18-11-15(29-30-18)12-27-24(32)34-25(3,4)5/h6-11,13H,12H2,1-5H3,(H,27,32)(H,28,31)(H,29,30). The second-order valence-electron chi connectivity index (χ2n) is 9.31. The summed E-state index contributed by atoms with van der Waals surface area (Å²) in [6, 6.07) is 7.82. The molecule has 10 heteroatoms. The molecule has 0 unspecified atom stereocenters. The third-order valence-electron chi connectivity index (χ3n) is 4.91. The van der Waals surface area contributed by atoms with Gasteiger partial charge in [0, 0.05) is 21.9 Å². The molecule has 0 atom stereocenters. The van der Waals surface area contributed by atoms with E-state index in [4.69, 9.17) is 9.47 Å². The number of rotatable bonds is 6. The Morgan fingerprint density at radius 1 is 1.23 bits per heavy atom. The summed E-state index contributed by atoms with van der Waals surface area (Å²) in [5.74, 6) is -0.0570. The summed E-state index contributed by atoms with van der Waals surface area (Å²) in [6.07, 6.45) is -0.735. The van der Waals surface area contributed by atoms with Gasteiger partial charge in [0.15, 0.2) is 0 Å². The first-order chi connectivity index (χ1) is 16.5. The van der Waals surface area contributed by atoms with Crippen molar-refractivity contribution < 1.29 is 18.7 Å². The maximum Gasteiger partial charge on any atom is 0.407 e. The van der Waals surface area contributed by atoms with Crippen molar-refractivity contribution in [2.24, 2.45) is 0 Å². The zero-order valence-electron chi connectivity index (χ0n) is 20.1. The van der Waals surface area contributed by atoms with E-state index in [0.717, 1.165) is 4.70 Å². The number of hydrogen-bond donors (Lipinski definition) is 3. The van der Waals surface area contributed by atoms with E-state index in [0.29, 0.717) is 39.3 Å². The molecule has 3 N–H and O–H groups in total. The quantitative estimate of drug-likeness (QED) is 0.321. The smallest absolute Gasteiger partial charge is 0.407 e. The van der Waals surface area contributed by atoms with Crippen LogP contribution in [0.5, 0.6) is 5.75 Å². The van der Waals surface area contributed by atoms with E-state index in [1.54, 1.807) is 39.0 Å². The van der Waals surface area contributed by atoms with Gasteiger partial charge in [-0.05, 0) is 64.3 Å². The normalized spacial score (nSPS) is 11.7. The number of halogens is 1. The number of amides is 1. The van der Waals surface area contributed by atoms with E-state index in [9.17, 15) is 14.0 Å². The van der Waals surface area contributed by atoms with Gasteiger partial charge < -0.3 is 19.8 Å². The third-order valence-corrected chi connectivity index (χ3v) is 5.84. The minimum atomic E-state index is -0.612. The van der Waals surface area contributed by atoms with Crippen molar-refractivity contribution in [2.45, 2.75) is 52.9 Å². The highest BCUT2D eigenvalue weighted by atomic mass is 32.1. The second-order valence-corrected chi connectivity index (χ2v) is 10.2. The van der Waals surface area contributed by atoms with Crippen LogP contribution in [0.3, 0.4) is 0 Å². The summed E-state index contributed by atoms with van der Waals surface area (Å²) >= 11 is 1.41. The summed E-state index contributed by atoms with van der Waals surface area (Å²) in [6.45, 7) is 9.23. The Balaban J connectivity index is 1.78. The Bertz CT molecular complexity index is 1430. The Labute approximate surface area is 205 Å². The highest BCUT2D eigenvalue weighted by Gasteiger charge is 2.22. The first kappa shape index (κ1) is 24.5. The number of H-pyrrole nitrogens is 2. The third kappa shape index (κ3) is 5.54. The lowest BCUT2D eigenvalue weighted by Crippen LogP contribution is -2.32. The van der Waals surface area contributed by atoms with Gasteiger partial charge in [-0.2, -0.15) is 5.10 Å². The molecule has 1 aromatic carbocycles. The van der Waals surface area contributed by atoms with Crippen molar-refractivity contribution in [2.75, 3.05) is 0 Å². The van der Waals surface area contributed by atoms with E-state index in [-0.39, 0.29) is 18.2 Å². The van der Waals surface area contributed by atoms with E-state index >= 15 is 0 Å². The fourth-order valence-electron chi connectivity index (χ4n) is 3.60. The number of carbonyl (C=O) groups is 1. The van der Waals surface area contributed by atoms with E-state index in [2.05, 4.69) is 20.5 Å². The average molecular weight is 499 g/mol. The molecule has 35 heavy (non-hydrogen) atoms. The van der Waals surface area contributed by atoms with Crippen LogP contribution < -0.4 is 15.6 Å². The van der Waals surface area contributed by atoms with Crippen LogP contribution in [-0.2, 0) is 11.3 Å². The molecule has 3 aromatic heterocycles. The summed E-state index contributed by atoms with van der Waals surface area (Å²) in [5.41, 5.74) is 1.99. The van der Waals surface area contributed by atoms with Crippen LogP contribution >= 0.6 is 11.3 Å². The molecular formula is C25H27FN4O4S. The minimum absolute atomic E-state index is 0.154. The number of pyridine rings is 1. The lowest BCUT2D eigenvalue weighted by molar-refractivity contribution is 0.0523. The van der Waals surface area contributed by atoms with Gasteiger partial charge in [0.1, 0.15) is 22.9 Å². The first-order valence-electron chi connectivity index (χ1n) is 11.1. The molecule has 1 amide bonds. The van der Waals surface area contributed by atoms with Gasteiger partial charge in [-0.25, -0.2) is 9.18 Å². The van der Waals surface area contributed by atoms with Crippen molar-refractivity contribution >= 4 is 27.5 Å². The Morgan fingerprint density at radius 3 is 2.71 bits per heavy atom. The lowest BCUT2D eigenvalue weighted by atomic mass is 9.99. The van der Waals surface area contributed by atoms with Gasteiger partial charge in [0.2, 0.25) is 0 Å². The van der Waals surface area contributed by atoms with Crippen LogP contribution in [0.25, 0.3) is 32.6 Å². The molecule has 0 bridgehead atoms. The number of hydrogen-bond acceptors (Lipinski definition) is 6. The molecule has 0 saturated carbocycles. The fraction of sp³-hybridized carbons (Fsp3) is 0.320.